The van der Waals surface area contributed by atoms with Gasteiger partial charge in [0.15, 0.2) is 0 Å². The molecule has 0 atom stereocenters. The molecule has 0 unspecified atom stereocenters. The van der Waals surface area contributed by atoms with E-state index < -0.39 is 0 Å². The summed E-state index contributed by atoms with van der Waals surface area (Å²) in [5, 5.41) is 0. The summed E-state index contributed by atoms with van der Waals surface area (Å²) >= 11 is 0. The quantitative estimate of drug-likeness (QED) is 0.883. The van der Waals surface area contributed by atoms with Crippen molar-refractivity contribution in [2.24, 2.45) is 11.1 Å². The van der Waals surface area contributed by atoms with Gasteiger partial charge in [-0.15, -0.1) is 0 Å². The van der Waals surface area contributed by atoms with Crippen LogP contribution in [-0.4, -0.2) is 29.6 Å². The lowest BCUT2D eigenvalue weighted by Gasteiger charge is -2.33. The molecule has 0 saturated heterocycles. The Bertz CT molecular complexity index is 428. The maximum atomic E-state index is 5.87. The molecule has 0 aliphatic heterocycles. The molecular weight excluding hydrogens is 236 g/mol. The summed E-state index contributed by atoms with van der Waals surface area (Å²) in [5.41, 5.74) is 8.59. The van der Waals surface area contributed by atoms with Crippen LogP contribution in [0.15, 0.2) is 6.33 Å². The number of rotatable bonds is 5. The summed E-state index contributed by atoms with van der Waals surface area (Å²) in [5.74, 6) is 1.13. The van der Waals surface area contributed by atoms with Gasteiger partial charge in [-0.05, 0) is 44.6 Å². The van der Waals surface area contributed by atoms with Crippen molar-refractivity contribution in [3.05, 3.63) is 17.6 Å². The Morgan fingerprint density at radius 2 is 2.00 bits per heavy atom. The second-order valence-electron chi connectivity index (χ2n) is 6.21. The monoisotopic (exact) mass is 262 g/mol. The normalized spacial score (nSPS) is 15.2. The predicted octanol–water partition coefficient (Wildman–Crippen LogP) is 2.17. The van der Waals surface area contributed by atoms with Gasteiger partial charge in [0.2, 0.25) is 0 Å². The van der Waals surface area contributed by atoms with Gasteiger partial charge in [-0.1, -0.05) is 13.8 Å². The SMILES string of the molecule is CCN(CC(C)(C)CN)c1ncnc2c1CCCC2. The van der Waals surface area contributed by atoms with Crippen molar-refractivity contribution in [1.29, 1.82) is 0 Å². The van der Waals surface area contributed by atoms with Gasteiger partial charge in [-0.3, -0.25) is 0 Å². The Hall–Kier alpha value is -1.16. The first-order chi connectivity index (χ1) is 9.07. The molecule has 19 heavy (non-hydrogen) atoms. The van der Waals surface area contributed by atoms with Crippen molar-refractivity contribution in [3.8, 4) is 0 Å². The molecule has 4 heteroatoms. The van der Waals surface area contributed by atoms with Crippen molar-refractivity contribution in [1.82, 2.24) is 9.97 Å². The Kier molecular flexibility index (Phi) is 4.40. The molecule has 0 aromatic carbocycles. The molecule has 2 N–H and O–H groups in total. The fourth-order valence-corrected chi connectivity index (χ4v) is 2.69. The predicted molar refractivity (Wildman–Crippen MR) is 79.4 cm³/mol. The van der Waals surface area contributed by atoms with Crippen LogP contribution in [0.1, 0.15) is 44.9 Å². The first-order valence-electron chi connectivity index (χ1n) is 7.35. The molecule has 1 aromatic heterocycles. The summed E-state index contributed by atoms with van der Waals surface area (Å²) in [6.07, 6.45) is 6.44. The number of nitrogens with zero attached hydrogens (tertiary/aromatic N) is 3. The molecule has 0 amide bonds. The topological polar surface area (TPSA) is 55.0 Å². The molecule has 2 rings (SSSR count). The van der Waals surface area contributed by atoms with E-state index in [1.165, 1.54) is 24.1 Å². The minimum absolute atomic E-state index is 0.114. The summed E-state index contributed by atoms with van der Waals surface area (Å²) in [4.78, 5) is 11.4. The van der Waals surface area contributed by atoms with Gasteiger partial charge in [-0.25, -0.2) is 9.97 Å². The smallest absolute Gasteiger partial charge is 0.135 e. The maximum Gasteiger partial charge on any atom is 0.135 e. The largest absolute Gasteiger partial charge is 0.356 e. The zero-order valence-electron chi connectivity index (χ0n) is 12.4. The molecule has 1 aliphatic rings. The summed E-state index contributed by atoms with van der Waals surface area (Å²) in [6, 6.07) is 0. The second-order valence-corrected chi connectivity index (χ2v) is 6.21. The minimum Gasteiger partial charge on any atom is -0.356 e. The number of anilines is 1. The second kappa shape index (κ2) is 5.87. The van der Waals surface area contributed by atoms with Crippen LogP contribution >= 0.6 is 0 Å². The molecule has 0 bridgehead atoms. The lowest BCUT2D eigenvalue weighted by atomic mass is 9.92. The average Bonchev–Trinajstić information content (AvgIpc) is 2.44. The van der Waals surface area contributed by atoms with Crippen molar-refractivity contribution in [2.45, 2.75) is 46.5 Å². The third-order valence-electron chi connectivity index (χ3n) is 3.95. The van der Waals surface area contributed by atoms with Crippen molar-refractivity contribution >= 4 is 5.82 Å². The highest BCUT2D eigenvalue weighted by Crippen LogP contribution is 2.28. The Labute approximate surface area is 116 Å². The van der Waals surface area contributed by atoms with Gasteiger partial charge >= 0.3 is 0 Å². The third kappa shape index (κ3) is 3.24. The first kappa shape index (κ1) is 14.3. The Balaban J connectivity index is 2.28. The van der Waals surface area contributed by atoms with Crippen LogP contribution in [0.25, 0.3) is 0 Å². The van der Waals surface area contributed by atoms with Gasteiger partial charge in [0.1, 0.15) is 12.1 Å². The number of aromatic nitrogens is 2. The van der Waals surface area contributed by atoms with E-state index in [1.54, 1.807) is 6.33 Å². The van der Waals surface area contributed by atoms with Crippen molar-refractivity contribution < 1.29 is 0 Å². The van der Waals surface area contributed by atoms with Gasteiger partial charge < -0.3 is 10.6 Å². The van der Waals surface area contributed by atoms with Crippen LogP contribution in [0.5, 0.6) is 0 Å². The molecule has 0 spiro atoms. The van der Waals surface area contributed by atoms with Gasteiger partial charge in [-0.2, -0.15) is 0 Å². The standard InChI is InChI=1S/C15H26N4/c1-4-19(10-15(2,3)9-16)14-12-7-5-6-8-13(12)17-11-18-14/h11H,4-10,16H2,1-3H3. The molecule has 1 heterocycles. The van der Waals surface area contributed by atoms with Crippen molar-refractivity contribution in [2.75, 3.05) is 24.5 Å². The van der Waals surface area contributed by atoms with Crippen LogP contribution in [0, 0.1) is 5.41 Å². The average molecular weight is 262 g/mol. The van der Waals surface area contributed by atoms with Crippen molar-refractivity contribution in [3.63, 3.8) is 0 Å². The number of hydrogen-bond acceptors (Lipinski definition) is 4. The lowest BCUT2D eigenvalue weighted by Crippen LogP contribution is -2.39. The van der Waals surface area contributed by atoms with Crippen LogP contribution in [-0.2, 0) is 12.8 Å². The lowest BCUT2D eigenvalue weighted by molar-refractivity contribution is 0.378. The maximum absolute atomic E-state index is 5.87. The van der Waals surface area contributed by atoms with Crippen LogP contribution in [0.4, 0.5) is 5.82 Å². The van der Waals surface area contributed by atoms with E-state index in [4.69, 9.17) is 5.73 Å². The van der Waals surface area contributed by atoms with E-state index in [0.29, 0.717) is 6.54 Å². The number of nitrogens with two attached hydrogens (primary N) is 1. The molecule has 0 saturated carbocycles. The summed E-state index contributed by atoms with van der Waals surface area (Å²) < 4.78 is 0. The highest BCUT2D eigenvalue weighted by atomic mass is 15.2. The van der Waals surface area contributed by atoms with Crippen LogP contribution in [0.2, 0.25) is 0 Å². The zero-order valence-corrected chi connectivity index (χ0v) is 12.4. The minimum atomic E-state index is 0.114. The molecule has 1 aromatic rings. The van der Waals surface area contributed by atoms with E-state index in [2.05, 4.69) is 35.6 Å². The molecule has 4 nitrogen and oxygen atoms in total. The number of fused-ring (bicyclic) bond motifs is 1. The fraction of sp³-hybridized carbons (Fsp3) is 0.733. The van der Waals surface area contributed by atoms with E-state index in [9.17, 15) is 0 Å². The summed E-state index contributed by atoms with van der Waals surface area (Å²) in [6.45, 7) is 9.21. The molecular formula is C15H26N4. The van der Waals surface area contributed by atoms with Gasteiger partial charge in [0.25, 0.3) is 0 Å². The highest BCUT2D eigenvalue weighted by molar-refractivity contribution is 5.49. The zero-order chi connectivity index (χ0) is 13.9. The van der Waals surface area contributed by atoms with Crippen LogP contribution < -0.4 is 10.6 Å². The fourth-order valence-electron chi connectivity index (χ4n) is 2.69. The highest BCUT2D eigenvalue weighted by Gasteiger charge is 2.24. The van der Waals surface area contributed by atoms with Gasteiger partial charge in [0.05, 0.1) is 0 Å². The third-order valence-corrected chi connectivity index (χ3v) is 3.95. The summed E-state index contributed by atoms with van der Waals surface area (Å²) in [7, 11) is 0. The van der Waals surface area contributed by atoms with E-state index in [1.807, 2.05) is 0 Å². The number of aryl methyl sites for hydroxylation is 1. The Morgan fingerprint density at radius 1 is 1.26 bits per heavy atom. The molecule has 1 aliphatic carbocycles. The molecule has 0 radical (unpaired) electrons. The van der Waals surface area contributed by atoms with E-state index in [-0.39, 0.29) is 5.41 Å². The number of hydrogen-bond donors (Lipinski definition) is 1. The molecule has 0 fully saturated rings. The van der Waals surface area contributed by atoms with Gasteiger partial charge in [0, 0.05) is 24.3 Å². The molecule has 106 valence electrons. The Morgan fingerprint density at radius 3 is 2.68 bits per heavy atom. The van der Waals surface area contributed by atoms with E-state index >= 15 is 0 Å². The first-order valence-corrected chi connectivity index (χ1v) is 7.35. The van der Waals surface area contributed by atoms with Crippen LogP contribution in [0.3, 0.4) is 0 Å². The van der Waals surface area contributed by atoms with E-state index in [0.717, 1.165) is 31.7 Å².